The fourth-order valence-electron chi connectivity index (χ4n) is 8.75. The molecule has 4 aliphatic heterocycles. The van der Waals surface area contributed by atoms with Crippen LogP contribution in [-0.4, -0.2) is 146 Å². The van der Waals surface area contributed by atoms with Crippen LogP contribution in [0, 0.1) is 25.2 Å². The number of carbonyl (C=O) groups is 3. The molecule has 0 aromatic carbocycles. The molecule has 3 amide bonds. The van der Waals surface area contributed by atoms with Gasteiger partial charge in [-0.15, -0.1) is 0 Å². The fourth-order valence-corrected chi connectivity index (χ4v) is 13.3. The average molecular weight is 2260 g/mol. The van der Waals surface area contributed by atoms with Crippen molar-refractivity contribution in [3.63, 3.8) is 0 Å². The molecule has 0 bridgehead atoms. The number of nitrogens with one attached hydrogen (secondary N) is 2. The number of hydrogen-bond acceptors (Lipinski definition) is 12. The van der Waals surface area contributed by atoms with E-state index in [1.165, 1.54) is 0 Å². The zero-order chi connectivity index (χ0) is 68.1. The van der Waals surface area contributed by atoms with E-state index in [-0.39, 0.29) is 68.3 Å². The molecular weight excluding hydrogens is 2150 g/mol. The van der Waals surface area contributed by atoms with E-state index in [0.717, 1.165) is 54.1 Å². The van der Waals surface area contributed by atoms with E-state index in [1.54, 1.807) is 17.3 Å². The summed E-state index contributed by atoms with van der Waals surface area (Å²) in [6, 6.07) is -0.191. The second kappa shape index (κ2) is 37.0. The van der Waals surface area contributed by atoms with Crippen molar-refractivity contribution in [2.75, 3.05) is 39.5 Å². The van der Waals surface area contributed by atoms with Crippen LogP contribution < -0.4 is 0 Å². The van der Waals surface area contributed by atoms with Gasteiger partial charge in [-0.2, -0.15) is 0 Å². The number of allylic oxidation sites excluding steroid dienone is 1. The van der Waals surface area contributed by atoms with Gasteiger partial charge in [0.05, 0.1) is 21.8 Å². The van der Waals surface area contributed by atoms with Crippen molar-refractivity contribution >= 4 is 217 Å². The van der Waals surface area contributed by atoms with Crippen LogP contribution in [0.5, 0.6) is 0 Å². The van der Waals surface area contributed by atoms with Gasteiger partial charge in [0.1, 0.15) is 35.9 Å². The van der Waals surface area contributed by atoms with Crippen molar-refractivity contribution in [3.05, 3.63) is 41.2 Å². The van der Waals surface area contributed by atoms with Gasteiger partial charge < -0.3 is 37.5 Å². The van der Waals surface area contributed by atoms with Gasteiger partial charge in [-0.3, -0.25) is 14.7 Å². The molecule has 507 valence electrons. The number of likely N-dealkylation sites (tertiary alicyclic amines) is 3. The molecule has 6 atom stereocenters. The summed E-state index contributed by atoms with van der Waals surface area (Å²) in [5.74, 6) is 2.51. The second-order valence-corrected chi connectivity index (χ2v) is 95.0. The first-order valence-corrected chi connectivity index (χ1v) is 64.2. The molecule has 3 fully saturated rings. The van der Waals surface area contributed by atoms with Crippen LogP contribution in [0.1, 0.15) is 174 Å². The van der Waals surface area contributed by atoms with Crippen molar-refractivity contribution in [2.45, 2.75) is 240 Å². The van der Waals surface area contributed by atoms with Crippen LogP contribution in [0.4, 0.5) is 14.4 Å². The summed E-state index contributed by atoms with van der Waals surface area (Å²) >= 11 is 18.8. The minimum atomic E-state index is -1.83. The Morgan fingerprint density at radius 1 is 0.580 bits per heavy atom. The first-order valence-electron chi connectivity index (χ1n) is 29.7. The Balaban J connectivity index is 0.000000426. The summed E-state index contributed by atoms with van der Waals surface area (Å²) in [6.45, 7) is 54.9. The van der Waals surface area contributed by atoms with Gasteiger partial charge in [-0.25, -0.2) is 29.3 Å². The number of rotatable bonds is 12. The standard InChI is InChI=1S/C20H35IN2O3Si.C19H33I2N3O3Si.C19H35N3O3Si.5HI.2V/c1-19(2,3)26-18(24)23-12-14(13-25-27(7,8)20(4,5)6)11-16(23)15-9-10-17(21)22-15;1-18(2,3)27-17(25)24-10-12(11-26-28(7,8)19(4,5)6)9-13(24)16-22-14(20)15(21)23-16;1-18(2,3)25-17(23)22-12-14(11-15(22)16-20-9-10-21-16)13-24-26(7,8)19(4,5)6;;;;;;;/h10,14,16H,9,11-13H2,1-8H3;12-13H,9-11H2,1-8H3,(H,22,23);9-10,14-15H,11-13H2,1-8H3,(H,20,21);5*1H;;/q;;;;;;;;+2;+3/p-5/t14-,16-;12-,13-;14?,15-;;;;;;;/m000......./s1. The number of halogens is 8. The molecule has 4 aliphatic rings. The van der Waals surface area contributed by atoms with Crippen LogP contribution in [0.2, 0.25) is 54.4 Å². The summed E-state index contributed by atoms with van der Waals surface area (Å²) in [5, 5.41) is 0.533. The molecule has 3 saturated heterocycles. The molecule has 2 aromatic rings. The third kappa shape index (κ3) is 30.3. The molecule has 17 nitrogen and oxygen atoms in total. The Labute approximate surface area is 640 Å². The fraction of sp³-hybridized carbons (Fsp3) is 0.793. The first kappa shape index (κ1) is 87.3. The monoisotopic (exact) mass is 2260 g/mol. The molecule has 2 N–H and O–H groups in total. The van der Waals surface area contributed by atoms with Gasteiger partial charge >= 0.3 is 133 Å². The molecule has 30 heteroatoms. The van der Waals surface area contributed by atoms with E-state index in [0.29, 0.717) is 54.8 Å². The number of nitrogens with zero attached hydrogens (tertiary/aromatic N) is 6. The number of hydrogen-bond donors (Lipinski definition) is 2. The van der Waals surface area contributed by atoms with Crippen LogP contribution >= 0.6 is 168 Å². The van der Waals surface area contributed by atoms with Gasteiger partial charge in [0.25, 0.3) is 0 Å². The van der Waals surface area contributed by atoms with Crippen molar-refractivity contribution in [1.82, 2.24) is 34.6 Å². The number of aromatic nitrogens is 4. The quantitative estimate of drug-likeness (QED) is 0.0891. The summed E-state index contributed by atoms with van der Waals surface area (Å²) in [4.78, 5) is 63.8. The third-order valence-electron chi connectivity index (χ3n) is 16.4. The number of amides is 3. The molecule has 0 aliphatic carbocycles. The van der Waals surface area contributed by atoms with Crippen molar-refractivity contribution < 1.29 is 56.3 Å². The predicted octanol–water partition coefficient (Wildman–Crippen LogP) is 20.8. The second-order valence-electron chi connectivity index (χ2n) is 30.3. The molecule has 88 heavy (non-hydrogen) atoms. The number of aliphatic imine (C=N–C) groups is 1. The molecule has 0 spiro atoms. The van der Waals surface area contributed by atoms with Gasteiger partial charge in [0.15, 0.2) is 25.0 Å². The van der Waals surface area contributed by atoms with E-state index in [4.69, 9.17) is 27.5 Å². The number of aromatic amines is 2. The van der Waals surface area contributed by atoms with Gasteiger partial charge in [0, 0.05) is 81.7 Å². The number of imidazole rings is 2. The first-order chi connectivity index (χ1) is 39.7. The molecule has 6 rings (SSSR count). The third-order valence-corrected chi connectivity index (χ3v) is 33.2. The van der Waals surface area contributed by atoms with Crippen LogP contribution in [0.25, 0.3) is 0 Å². The molecule has 0 radical (unpaired) electrons. The van der Waals surface area contributed by atoms with E-state index >= 15 is 0 Å². The predicted molar refractivity (Wildman–Crippen MR) is 429 cm³/mol. The summed E-state index contributed by atoms with van der Waals surface area (Å²) in [7, 11) is -4.81. The number of carbonyl (C=O) groups excluding carboxylic acids is 3. The number of H-pyrrole nitrogens is 2. The summed E-state index contributed by atoms with van der Waals surface area (Å²) < 4.78 is 39.2. The minimum absolute atomic E-state index is 0.0105. The average Bonchev–Trinajstić information content (AvgIpc) is 2.00. The van der Waals surface area contributed by atoms with Crippen LogP contribution in [-0.2, 0) is 41.9 Å². The zero-order valence-corrected chi connectivity index (χ0v) is 79.6. The Bertz CT molecular complexity index is 2560. The van der Waals surface area contributed by atoms with Crippen molar-refractivity contribution in [2.24, 2.45) is 22.7 Å². The van der Waals surface area contributed by atoms with Crippen molar-refractivity contribution in [1.29, 1.82) is 0 Å². The van der Waals surface area contributed by atoms with E-state index in [2.05, 4.69) is 300 Å². The van der Waals surface area contributed by atoms with Gasteiger partial charge in [-0.05, 0) is 210 Å². The summed E-state index contributed by atoms with van der Waals surface area (Å²) in [6.07, 6.45) is 8.19. The zero-order valence-electron chi connectivity index (χ0n) is 56.5. The Morgan fingerprint density at radius 2 is 0.898 bits per heavy atom. The maximum absolute atomic E-state index is 12.9. The maximum atomic E-state index is 12.9. The van der Waals surface area contributed by atoms with Crippen LogP contribution in [0.3, 0.4) is 0 Å². The number of ether oxygens (including phenoxy) is 3. The Hall–Kier alpha value is 3.18. The van der Waals surface area contributed by atoms with Gasteiger partial charge in [0.2, 0.25) is 0 Å². The molecule has 0 saturated carbocycles. The molecule has 2 aromatic heterocycles. The Kier molecular flexibility index (Phi) is 36.7. The molecule has 1 unspecified atom stereocenters. The van der Waals surface area contributed by atoms with Crippen LogP contribution in [0.15, 0.2) is 27.2 Å². The molecule has 6 heterocycles. The van der Waals surface area contributed by atoms with E-state index in [9.17, 15) is 14.4 Å². The van der Waals surface area contributed by atoms with Gasteiger partial charge in [-0.1, -0.05) is 62.3 Å². The van der Waals surface area contributed by atoms with E-state index < -0.39 is 41.8 Å². The van der Waals surface area contributed by atoms with Crippen molar-refractivity contribution in [3.8, 4) is 0 Å². The SMILES string of the molecule is CC(C)(C)OC(=O)N1CC(CO[Si](C)(C)C(C)(C)C)C[C@H]1c1ncc[nH]1.CC(C)(C)OC(=O)N1C[C@@H](CO[Si](C)(C)C(C)(C)C)C[C@H]1C1=NC(I)=CC1.CC(C)(C)OC(=O)N1C[C@@H](CO[Si](C)(C)C(C)(C)C)C[C@H]1c1nc(I)c(I)[nH]1.[I][V]([I])[I].[I][V][I]. The Morgan fingerprint density at radius 3 is 1.16 bits per heavy atom. The van der Waals surface area contributed by atoms with E-state index in [1.807, 2.05) is 72.1 Å². The topological polar surface area (TPSA) is 186 Å². The normalized spacial score (nSPS) is 21.2. The molecular formula is C58H103I8N8O9Si3V2. The summed E-state index contributed by atoms with van der Waals surface area (Å²) in [5.41, 5.74) is -0.467.